The molecule has 0 radical (unpaired) electrons. The van der Waals surface area contributed by atoms with Crippen LogP contribution in [-0.2, 0) is 0 Å². The molecular weight excluding hydrogens is 216 g/mol. The van der Waals surface area contributed by atoms with Gasteiger partial charge < -0.3 is 15.3 Å². The van der Waals surface area contributed by atoms with Crippen molar-refractivity contribution in [1.82, 2.24) is 4.98 Å². The number of nitrogens with zero attached hydrogens (tertiary/aromatic N) is 2. The molecular formula is C10H15F2N3O. The van der Waals surface area contributed by atoms with Crippen molar-refractivity contribution in [2.75, 3.05) is 37.0 Å². The zero-order valence-corrected chi connectivity index (χ0v) is 9.30. The van der Waals surface area contributed by atoms with Crippen LogP contribution in [0, 0.1) is 11.6 Å². The van der Waals surface area contributed by atoms with Gasteiger partial charge >= 0.3 is 0 Å². The Morgan fingerprint density at radius 1 is 1.44 bits per heavy atom. The van der Waals surface area contributed by atoms with Crippen LogP contribution < -0.4 is 10.2 Å². The fourth-order valence-corrected chi connectivity index (χ4v) is 1.27. The predicted octanol–water partition coefficient (Wildman–Crippen LogP) is 1.22. The third kappa shape index (κ3) is 2.79. The molecule has 0 saturated carbocycles. The molecule has 16 heavy (non-hydrogen) atoms. The average Bonchev–Trinajstić information content (AvgIpc) is 2.22. The van der Waals surface area contributed by atoms with E-state index < -0.39 is 11.6 Å². The highest BCUT2D eigenvalue weighted by Crippen LogP contribution is 2.21. The summed E-state index contributed by atoms with van der Waals surface area (Å²) in [5, 5.41) is 11.4. The summed E-state index contributed by atoms with van der Waals surface area (Å²) >= 11 is 0. The Hall–Kier alpha value is -1.43. The van der Waals surface area contributed by atoms with E-state index in [-0.39, 0.29) is 24.8 Å². The molecule has 6 heteroatoms. The molecule has 0 fully saturated rings. The van der Waals surface area contributed by atoms with Crippen LogP contribution in [0.25, 0.3) is 0 Å². The first-order chi connectivity index (χ1) is 7.60. The molecule has 0 aliphatic heterocycles. The minimum Gasteiger partial charge on any atom is -0.395 e. The predicted molar refractivity (Wildman–Crippen MR) is 58.7 cm³/mol. The summed E-state index contributed by atoms with van der Waals surface area (Å²) < 4.78 is 26.6. The summed E-state index contributed by atoms with van der Waals surface area (Å²) in [5.41, 5.74) is 0. The van der Waals surface area contributed by atoms with E-state index >= 15 is 0 Å². The van der Waals surface area contributed by atoms with E-state index in [0.717, 1.165) is 6.07 Å². The molecule has 0 bridgehead atoms. The number of aliphatic hydroxyl groups excluding tert-OH is 1. The maximum Gasteiger partial charge on any atom is 0.168 e. The third-order valence-corrected chi connectivity index (χ3v) is 2.05. The summed E-state index contributed by atoms with van der Waals surface area (Å²) in [7, 11) is 1.58. The van der Waals surface area contributed by atoms with Crippen LogP contribution in [0.2, 0.25) is 0 Å². The van der Waals surface area contributed by atoms with Crippen LogP contribution in [0.5, 0.6) is 0 Å². The molecule has 0 saturated heterocycles. The van der Waals surface area contributed by atoms with Gasteiger partial charge in [0.1, 0.15) is 0 Å². The van der Waals surface area contributed by atoms with E-state index in [9.17, 15) is 8.78 Å². The normalized spacial score (nSPS) is 10.3. The van der Waals surface area contributed by atoms with Gasteiger partial charge in [0.05, 0.1) is 6.61 Å². The molecule has 2 N–H and O–H groups in total. The Morgan fingerprint density at radius 3 is 2.69 bits per heavy atom. The maximum atomic E-state index is 13.4. The van der Waals surface area contributed by atoms with Gasteiger partial charge in [-0.15, -0.1) is 0 Å². The molecule has 1 aromatic rings. The number of hydrogen-bond acceptors (Lipinski definition) is 4. The number of aliphatic hydroxyl groups is 1. The standard InChI is InChI=1S/C10H15F2N3O/c1-3-13-9-7(11)6-8(12)10(14-9)15(2)4-5-16/h6,16H,3-5H2,1-2H3,(H,13,14). The molecule has 0 unspecified atom stereocenters. The van der Waals surface area contributed by atoms with Gasteiger partial charge in [0.2, 0.25) is 0 Å². The second kappa shape index (κ2) is 5.60. The first kappa shape index (κ1) is 12.6. The lowest BCUT2D eigenvalue weighted by molar-refractivity contribution is 0.303. The zero-order valence-electron chi connectivity index (χ0n) is 9.30. The van der Waals surface area contributed by atoms with Crippen molar-refractivity contribution < 1.29 is 13.9 Å². The largest absolute Gasteiger partial charge is 0.395 e. The topological polar surface area (TPSA) is 48.4 Å². The zero-order chi connectivity index (χ0) is 12.1. The molecule has 90 valence electrons. The SMILES string of the molecule is CCNc1nc(N(C)CCO)c(F)cc1F. The first-order valence-electron chi connectivity index (χ1n) is 5.02. The Labute approximate surface area is 92.9 Å². The molecule has 4 nitrogen and oxygen atoms in total. The molecule has 0 atom stereocenters. The minimum absolute atomic E-state index is 0.0173. The van der Waals surface area contributed by atoms with Crippen molar-refractivity contribution in [3.8, 4) is 0 Å². The second-order valence-corrected chi connectivity index (χ2v) is 3.30. The van der Waals surface area contributed by atoms with Crippen LogP contribution in [0.4, 0.5) is 20.4 Å². The molecule has 1 aromatic heterocycles. The van der Waals surface area contributed by atoms with Gasteiger partial charge in [0, 0.05) is 26.2 Å². The van der Waals surface area contributed by atoms with Crippen LogP contribution in [0.15, 0.2) is 6.07 Å². The summed E-state index contributed by atoms with van der Waals surface area (Å²) in [6.45, 7) is 2.41. The lowest BCUT2D eigenvalue weighted by Gasteiger charge is -2.18. The number of hydrogen-bond donors (Lipinski definition) is 2. The third-order valence-electron chi connectivity index (χ3n) is 2.05. The van der Waals surface area contributed by atoms with E-state index in [1.807, 2.05) is 0 Å². The number of halogens is 2. The van der Waals surface area contributed by atoms with Gasteiger partial charge in [0.25, 0.3) is 0 Å². The smallest absolute Gasteiger partial charge is 0.168 e. The average molecular weight is 231 g/mol. The van der Waals surface area contributed by atoms with E-state index in [4.69, 9.17) is 5.11 Å². The Morgan fingerprint density at radius 2 is 2.12 bits per heavy atom. The van der Waals surface area contributed by atoms with Crippen molar-refractivity contribution in [2.45, 2.75) is 6.92 Å². The van der Waals surface area contributed by atoms with Gasteiger partial charge in [-0.05, 0) is 6.92 Å². The summed E-state index contributed by atoms with van der Waals surface area (Å²) in [6, 6.07) is 0.786. The summed E-state index contributed by atoms with van der Waals surface area (Å²) in [4.78, 5) is 5.26. The number of likely N-dealkylation sites (N-methyl/N-ethyl adjacent to an activating group) is 1. The van der Waals surface area contributed by atoms with Crippen LogP contribution in [-0.4, -0.2) is 36.8 Å². The van der Waals surface area contributed by atoms with Crippen molar-refractivity contribution in [2.24, 2.45) is 0 Å². The van der Waals surface area contributed by atoms with E-state index in [0.29, 0.717) is 6.54 Å². The summed E-state index contributed by atoms with van der Waals surface area (Å²) in [5.74, 6) is -1.43. The van der Waals surface area contributed by atoms with Crippen LogP contribution in [0.3, 0.4) is 0 Å². The van der Waals surface area contributed by atoms with E-state index in [1.54, 1.807) is 14.0 Å². The number of aromatic nitrogens is 1. The van der Waals surface area contributed by atoms with Crippen LogP contribution >= 0.6 is 0 Å². The summed E-state index contributed by atoms with van der Waals surface area (Å²) in [6.07, 6.45) is 0. The maximum absolute atomic E-state index is 13.4. The fourth-order valence-electron chi connectivity index (χ4n) is 1.27. The van der Waals surface area contributed by atoms with Crippen molar-refractivity contribution in [3.05, 3.63) is 17.7 Å². The molecule has 0 amide bonds. The van der Waals surface area contributed by atoms with Gasteiger partial charge in [-0.1, -0.05) is 0 Å². The van der Waals surface area contributed by atoms with Crippen molar-refractivity contribution in [1.29, 1.82) is 0 Å². The van der Waals surface area contributed by atoms with E-state index in [1.165, 1.54) is 4.90 Å². The number of nitrogens with one attached hydrogen (secondary N) is 1. The molecule has 0 aliphatic carbocycles. The highest BCUT2D eigenvalue weighted by atomic mass is 19.1. The molecule has 0 spiro atoms. The lowest BCUT2D eigenvalue weighted by Crippen LogP contribution is -2.24. The van der Waals surface area contributed by atoms with E-state index in [2.05, 4.69) is 10.3 Å². The Bertz CT molecular complexity index is 360. The second-order valence-electron chi connectivity index (χ2n) is 3.30. The number of rotatable bonds is 5. The quantitative estimate of drug-likeness (QED) is 0.800. The fraction of sp³-hybridized carbons (Fsp3) is 0.500. The van der Waals surface area contributed by atoms with Crippen LogP contribution in [0.1, 0.15) is 6.92 Å². The lowest BCUT2D eigenvalue weighted by atomic mass is 10.3. The first-order valence-corrected chi connectivity index (χ1v) is 5.02. The Kier molecular flexibility index (Phi) is 4.42. The van der Waals surface area contributed by atoms with Crippen molar-refractivity contribution >= 4 is 11.6 Å². The minimum atomic E-state index is -0.741. The molecule has 1 rings (SSSR count). The highest BCUT2D eigenvalue weighted by Gasteiger charge is 2.14. The van der Waals surface area contributed by atoms with Gasteiger partial charge in [-0.3, -0.25) is 0 Å². The monoisotopic (exact) mass is 231 g/mol. The number of pyridine rings is 1. The van der Waals surface area contributed by atoms with Crippen molar-refractivity contribution in [3.63, 3.8) is 0 Å². The molecule has 0 aromatic carbocycles. The van der Waals surface area contributed by atoms with Gasteiger partial charge in [0.15, 0.2) is 23.3 Å². The van der Waals surface area contributed by atoms with Gasteiger partial charge in [-0.25, -0.2) is 13.8 Å². The molecule has 0 aliphatic rings. The van der Waals surface area contributed by atoms with Gasteiger partial charge in [-0.2, -0.15) is 0 Å². The molecule has 1 heterocycles. The highest BCUT2D eigenvalue weighted by molar-refractivity contribution is 5.48. The number of anilines is 2. The Balaban J connectivity index is 3.03.